The molecule has 6 rings (SSSR count). The quantitative estimate of drug-likeness (QED) is 0.125. The van der Waals surface area contributed by atoms with Gasteiger partial charge in [-0.2, -0.15) is 0 Å². The number of likely N-dealkylation sites (tertiary alicyclic amines) is 1. The number of unbranched alkanes of at least 4 members (excludes halogenated alkanes) is 3. The summed E-state index contributed by atoms with van der Waals surface area (Å²) in [5.41, 5.74) is 2.97. The van der Waals surface area contributed by atoms with Gasteiger partial charge in [-0.25, -0.2) is 0 Å². The van der Waals surface area contributed by atoms with E-state index in [0.717, 1.165) is 95.0 Å². The van der Waals surface area contributed by atoms with Crippen molar-refractivity contribution >= 4 is 11.9 Å². The molecule has 2 aliphatic carbocycles. The molecule has 1 amide bonds. The lowest BCUT2D eigenvalue weighted by Crippen LogP contribution is -2.69. The van der Waals surface area contributed by atoms with Gasteiger partial charge in [0.15, 0.2) is 11.5 Å². The van der Waals surface area contributed by atoms with Crippen molar-refractivity contribution in [3.63, 3.8) is 0 Å². The molecule has 0 radical (unpaired) electrons. The number of piperidine rings is 1. The number of hydrogen-bond donors (Lipinski definition) is 1. The largest absolute Gasteiger partial charge is 0.508 e. The van der Waals surface area contributed by atoms with E-state index < -0.39 is 5.97 Å². The van der Waals surface area contributed by atoms with Crippen molar-refractivity contribution in [1.82, 2.24) is 9.80 Å². The zero-order valence-corrected chi connectivity index (χ0v) is 26.4. The van der Waals surface area contributed by atoms with Gasteiger partial charge in [0.1, 0.15) is 11.9 Å². The van der Waals surface area contributed by atoms with Crippen LogP contribution in [0.2, 0.25) is 0 Å². The fourth-order valence-electron chi connectivity index (χ4n) is 8.97. The maximum atomic E-state index is 14.0. The molecule has 2 aromatic rings. The third kappa shape index (κ3) is 5.42. The second kappa shape index (κ2) is 13.0. The van der Waals surface area contributed by atoms with E-state index >= 15 is 0 Å². The first-order chi connectivity index (χ1) is 21.4. The molecule has 1 saturated heterocycles. The molecule has 2 heterocycles. The first kappa shape index (κ1) is 30.7. The van der Waals surface area contributed by atoms with Gasteiger partial charge in [-0.15, -0.1) is 6.58 Å². The number of carbonyl (C=O) groups excluding carboxylic acids is 2. The van der Waals surface area contributed by atoms with Crippen LogP contribution >= 0.6 is 0 Å². The number of nitrogens with zero attached hydrogens (tertiary/aromatic N) is 2. The molecule has 2 fully saturated rings. The Labute approximate surface area is 262 Å². The summed E-state index contributed by atoms with van der Waals surface area (Å²) in [6, 6.07) is 12.3. The smallest absolute Gasteiger partial charge is 0.308 e. The zero-order valence-electron chi connectivity index (χ0n) is 26.4. The minimum absolute atomic E-state index is 0.0631. The van der Waals surface area contributed by atoms with Crippen LogP contribution in [0.3, 0.4) is 0 Å². The summed E-state index contributed by atoms with van der Waals surface area (Å²) >= 11 is 0. The van der Waals surface area contributed by atoms with E-state index in [2.05, 4.69) is 47.6 Å². The number of aryl methyl sites for hydroxylation is 1. The van der Waals surface area contributed by atoms with Crippen LogP contribution in [0.1, 0.15) is 88.3 Å². The van der Waals surface area contributed by atoms with Crippen molar-refractivity contribution in [2.45, 2.75) is 108 Å². The van der Waals surface area contributed by atoms with Gasteiger partial charge in [0.25, 0.3) is 0 Å². The molecule has 0 unspecified atom stereocenters. The summed E-state index contributed by atoms with van der Waals surface area (Å²) in [6.45, 7) is 10.0. The molecule has 44 heavy (non-hydrogen) atoms. The Morgan fingerprint density at radius 3 is 2.75 bits per heavy atom. The van der Waals surface area contributed by atoms with Gasteiger partial charge < -0.3 is 19.5 Å². The number of aromatic hydroxyl groups is 1. The fourth-order valence-corrected chi connectivity index (χ4v) is 8.97. The summed E-state index contributed by atoms with van der Waals surface area (Å²) in [4.78, 5) is 30.8. The van der Waals surface area contributed by atoms with E-state index in [-0.39, 0.29) is 35.3 Å². The molecule has 2 aliphatic heterocycles. The highest BCUT2D eigenvalue weighted by Gasteiger charge is 2.67. The fraction of sp³-hybridized carbons (Fsp3) is 0.568. The van der Waals surface area contributed by atoms with Crippen molar-refractivity contribution in [3.05, 3.63) is 65.7 Å². The SMILES string of the molecule is C=CCN1CC[C@]23c4c5c(O)cc(OC(C)=O)c4O[C@H]2[C@@H](N(CCCC)C(=O)CCCCCc2ccccc2)CC[C@H]3[C@H]1C5. The van der Waals surface area contributed by atoms with E-state index in [9.17, 15) is 14.7 Å². The van der Waals surface area contributed by atoms with Crippen molar-refractivity contribution in [2.24, 2.45) is 5.92 Å². The molecular weight excluding hydrogens is 552 g/mol. The average Bonchev–Trinajstić information content (AvgIpc) is 3.35. The Morgan fingerprint density at radius 2 is 2.00 bits per heavy atom. The molecule has 2 aromatic carbocycles. The van der Waals surface area contributed by atoms with E-state index in [4.69, 9.17) is 9.47 Å². The monoisotopic (exact) mass is 600 g/mol. The standard InChI is InChI=1S/C37H48N2O5/c1-4-6-21-39(33(42)16-12-8-11-15-26-13-9-7-10-14-26)29-18-17-28-30-23-27-31(41)24-32(43-25(3)40)35-34(27)37(28,36(29)44-35)19-22-38(30)20-5-2/h5,7,9-10,13-14,24,28-30,36,41H,2,4,6,8,11-12,15-23H2,1,3H3/t28-,29-,30+,36-,37-/m0/s1. The number of phenols is 1. The van der Waals surface area contributed by atoms with Crippen LogP contribution in [0.15, 0.2) is 49.1 Å². The Hall–Kier alpha value is -3.32. The highest BCUT2D eigenvalue weighted by molar-refractivity contribution is 5.77. The molecular formula is C37H48N2O5. The summed E-state index contributed by atoms with van der Waals surface area (Å²) in [7, 11) is 0. The molecule has 7 heteroatoms. The number of ether oxygens (including phenoxy) is 2. The van der Waals surface area contributed by atoms with E-state index in [1.165, 1.54) is 12.5 Å². The van der Waals surface area contributed by atoms with Crippen molar-refractivity contribution in [2.75, 3.05) is 19.6 Å². The van der Waals surface area contributed by atoms with Crippen LogP contribution in [-0.4, -0.2) is 64.6 Å². The Morgan fingerprint density at radius 1 is 1.18 bits per heavy atom. The number of amides is 1. The highest BCUT2D eigenvalue weighted by atomic mass is 16.6. The second-order valence-corrected chi connectivity index (χ2v) is 13.3. The topological polar surface area (TPSA) is 79.3 Å². The predicted octanol–water partition coefficient (Wildman–Crippen LogP) is 6.34. The molecule has 0 aromatic heterocycles. The number of hydrogen-bond acceptors (Lipinski definition) is 6. The van der Waals surface area contributed by atoms with Crippen LogP contribution in [-0.2, 0) is 27.8 Å². The van der Waals surface area contributed by atoms with E-state index in [0.29, 0.717) is 23.8 Å². The Bertz CT molecular complexity index is 1380. The van der Waals surface area contributed by atoms with Crippen LogP contribution in [0.5, 0.6) is 17.2 Å². The number of rotatable bonds is 13. The number of carbonyl (C=O) groups is 2. The molecule has 1 spiro atoms. The van der Waals surface area contributed by atoms with E-state index in [1.54, 1.807) is 6.07 Å². The van der Waals surface area contributed by atoms with Crippen LogP contribution in [0.25, 0.3) is 0 Å². The minimum atomic E-state index is -0.439. The lowest BCUT2D eigenvalue weighted by Gasteiger charge is -2.60. The maximum absolute atomic E-state index is 14.0. The molecule has 7 nitrogen and oxygen atoms in total. The van der Waals surface area contributed by atoms with Crippen molar-refractivity contribution in [1.29, 1.82) is 0 Å². The molecule has 4 aliphatic rings. The minimum Gasteiger partial charge on any atom is -0.508 e. The maximum Gasteiger partial charge on any atom is 0.308 e. The van der Waals surface area contributed by atoms with Gasteiger partial charge in [0.05, 0.1) is 6.04 Å². The third-order valence-electron chi connectivity index (χ3n) is 10.8. The Kier molecular flexibility index (Phi) is 9.04. The van der Waals surface area contributed by atoms with Gasteiger partial charge in [-0.1, -0.05) is 56.2 Å². The highest BCUT2D eigenvalue weighted by Crippen LogP contribution is 2.65. The van der Waals surface area contributed by atoms with Gasteiger partial charge in [-0.3, -0.25) is 14.5 Å². The lowest BCUT2D eigenvalue weighted by atomic mass is 9.50. The number of benzene rings is 2. The number of esters is 1. The summed E-state index contributed by atoms with van der Waals surface area (Å²) < 4.78 is 12.6. The average molecular weight is 601 g/mol. The zero-order chi connectivity index (χ0) is 30.8. The second-order valence-electron chi connectivity index (χ2n) is 13.3. The molecule has 2 bridgehead atoms. The lowest BCUT2D eigenvalue weighted by molar-refractivity contribution is -0.142. The normalized spacial score (nSPS) is 26.4. The van der Waals surface area contributed by atoms with Gasteiger partial charge >= 0.3 is 5.97 Å². The van der Waals surface area contributed by atoms with Crippen molar-refractivity contribution in [3.8, 4) is 17.2 Å². The third-order valence-corrected chi connectivity index (χ3v) is 10.8. The first-order valence-corrected chi connectivity index (χ1v) is 16.8. The molecule has 5 atom stereocenters. The molecule has 236 valence electrons. The summed E-state index contributed by atoms with van der Waals surface area (Å²) in [5.74, 6) is 1.19. The molecule has 1 N–H and O–H groups in total. The van der Waals surface area contributed by atoms with Crippen LogP contribution in [0, 0.1) is 5.92 Å². The van der Waals surface area contributed by atoms with E-state index in [1.807, 2.05) is 12.1 Å². The van der Waals surface area contributed by atoms with Crippen LogP contribution in [0.4, 0.5) is 0 Å². The van der Waals surface area contributed by atoms with Gasteiger partial charge in [-0.05, 0) is 69.4 Å². The van der Waals surface area contributed by atoms with Crippen LogP contribution < -0.4 is 9.47 Å². The summed E-state index contributed by atoms with van der Waals surface area (Å²) in [6.07, 6.45) is 11.8. The van der Waals surface area contributed by atoms with Crippen molar-refractivity contribution < 1.29 is 24.2 Å². The molecule has 1 saturated carbocycles. The van der Waals surface area contributed by atoms with Gasteiger partial charge in [0, 0.05) is 55.1 Å². The summed E-state index contributed by atoms with van der Waals surface area (Å²) in [5, 5.41) is 11.3. The Balaban J connectivity index is 1.28. The number of phenolic OH excluding ortho intramolecular Hbond substituents is 1. The van der Waals surface area contributed by atoms with Gasteiger partial charge in [0.2, 0.25) is 5.91 Å². The first-order valence-electron chi connectivity index (χ1n) is 16.8. The predicted molar refractivity (Wildman–Crippen MR) is 171 cm³/mol.